The molecule has 4 rings (SSSR count). The molecule has 0 fully saturated rings. The Bertz CT molecular complexity index is 1480. The predicted molar refractivity (Wildman–Crippen MR) is 155 cm³/mol. The van der Waals surface area contributed by atoms with Crippen LogP contribution >= 0.6 is 18.9 Å². The molecule has 0 aliphatic carbocycles. The maximum atomic E-state index is 14.5. The van der Waals surface area contributed by atoms with Crippen molar-refractivity contribution in [2.75, 3.05) is 5.73 Å². The van der Waals surface area contributed by atoms with Gasteiger partial charge in [0.05, 0.1) is 19.5 Å². The average Bonchev–Trinajstić information content (AvgIpc) is 3.54. The summed E-state index contributed by atoms with van der Waals surface area (Å²) in [5, 5.41) is 0.594. The van der Waals surface area contributed by atoms with E-state index < -0.39 is 19.5 Å². The monoisotopic (exact) mass is 598 g/mol. The molecule has 0 unspecified atom stereocenters. The number of ether oxygens (including phenoxy) is 2. The average molecular weight is 599 g/mol. The van der Waals surface area contributed by atoms with Crippen molar-refractivity contribution in [3.8, 4) is 23.0 Å². The fourth-order valence-corrected chi connectivity index (χ4v) is 6.57. The zero-order valence-electron chi connectivity index (χ0n) is 23.1. The largest absolute Gasteiger partial charge is 0.462 e. The standard InChI is InChI=1S/C29H31N2O8PS/c1-18(2)15-26-27(31-29(30)41-26)28-25(13-14-35-28)40(34,36-16-21-5-9-23(10-6-21)38-19(3)32)37-17-22-7-11-24(12-8-22)39-20(4)33/h5-14,18H,15-17H2,1-4H3,(H2,30,31). The number of nitrogens with two attached hydrogens (primary N) is 1. The third-order valence-corrected chi connectivity index (χ3v) is 8.42. The van der Waals surface area contributed by atoms with E-state index in [9.17, 15) is 14.2 Å². The number of benzene rings is 2. The van der Waals surface area contributed by atoms with Crippen LogP contribution < -0.4 is 20.5 Å². The Morgan fingerprint density at radius 1 is 0.902 bits per heavy atom. The highest BCUT2D eigenvalue weighted by Crippen LogP contribution is 2.51. The van der Waals surface area contributed by atoms with Crippen LogP contribution in [-0.2, 0) is 42.8 Å². The van der Waals surface area contributed by atoms with Gasteiger partial charge in [0.15, 0.2) is 10.9 Å². The summed E-state index contributed by atoms with van der Waals surface area (Å²) in [5.74, 6) is 0.505. The van der Waals surface area contributed by atoms with E-state index in [1.54, 1.807) is 54.6 Å². The molecule has 12 heteroatoms. The van der Waals surface area contributed by atoms with Crippen LogP contribution in [0.1, 0.15) is 43.7 Å². The summed E-state index contributed by atoms with van der Waals surface area (Å²) in [6.07, 6.45) is 2.13. The number of hydrogen-bond donors (Lipinski definition) is 1. The van der Waals surface area contributed by atoms with Gasteiger partial charge in [0, 0.05) is 18.7 Å². The molecule has 0 saturated carbocycles. The number of nitrogen functional groups attached to an aromatic ring is 1. The van der Waals surface area contributed by atoms with Crippen molar-refractivity contribution < 1.29 is 37.1 Å². The number of carbonyl (C=O) groups excluding carboxylic acids is 2. The van der Waals surface area contributed by atoms with Crippen LogP contribution in [0.15, 0.2) is 65.3 Å². The second-order valence-electron chi connectivity index (χ2n) is 9.58. The molecule has 2 aromatic carbocycles. The number of anilines is 1. The van der Waals surface area contributed by atoms with Gasteiger partial charge in [0.25, 0.3) is 0 Å². The predicted octanol–water partition coefficient (Wildman–Crippen LogP) is 6.29. The third kappa shape index (κ3) is 8.14. The van der Waals surface area contributed by atoms with Crippen molar-refractivity contribution in [3.05, 3.63) is 76.9 Å². The zero-order chi connectivity index (χ0) is 29.6. The minimum absolute atomic E-state index is 0.0638. The van der Waals surface area contributed by atoms with Gasteiger partial charge in [-0.25, -0.2) is 4.98 Å². The first kappa shape index (κ1) is 30.2. The topological polar surface area (TPSA) is 140 Å². The fraction of sp³-hybridized carbons (Fsp3) is 0.276. The van der Waals surface area contributed by atoms with Crippen molar-refractivity contribution in [1.82, 2.24) is 4.98 Å². The van der Waals surface area contributed by atoms with Gasteiger partial charge in [0.2, 0.25) is 0 Å². The Labute approximate surface area is 241 Å². The normalized spacial score (nSPS) is 11.5. The molecular formula is C29H31N2O8PS. The second-order valence-corrected chi connectivity index (χ2v) is 12.7. The first-order valence-electron chi connectivity index (χ1n) is 12.8. The quantitative estimate of drug-likeness (QED) is 0.112. The second kappa shape index (κ2) is 13.3. The Hall–Kier alpha value is -3.76. The van der Waals surface area contributed by atoms with Gasteiger partial charge in [-0.15, -0.1) is 11.3 Å². The maximum Gasteiger partial charge on any atom is 0.365 e. The minimum Gasteiger partial charge on any atom is -0.462 e. The Morgan fingerprint density at radius 3 is 1.88 bits per heavy atom. The smallest absolute Gasteiger partial charge is 0.365 e. The number of nitrogens with zero attached hydrogens (tertiary/aromatic N) is 1. The summed E-state index contributed by atoms with van der Waals surface area (Å²) in [4.78, 5) is 27.8. The van der Waals surface area contributed by atoms with Gasteiger partial charge in [-0.1, -0.05) is 38.1 Å². The molecule has 0 spiro atoms. The summed E-state index contributed by atoms with van der Waals surface area (Å²) in [6, 6.07) is 14.8. The molecule has 216 valence electrons. The lowest BCUT2D eigenvalue weighted by atomic mass is 10.1. The van der Waals surface area contributed by atoms with Gasteiger partial charge in [-0.05, 0) is 53.8 Å². The highest BCUT2D eigenvalue weighted by atomic mass is 32.1. The van der Waals surface area contributed by atoms with Crippen LogP contribution in [0.4, 0.5) is 5.13 Å². The highest BCUT2D eigenvalue weighted by Gasteiger charge is 2.35. The molecule has 0 bridgehead atoms. The number of esters is 2. The van der Waals surface area contributed by atoms with E-state index in [0.29, 0.717) is 45.8 Å². The molecule has 2 aromatic heterocycles. The molecule has 41 heavy (non-hydrogen) atoms. The van der Waals surface area contributed by atoms with Crippen molar-refractivity contribution in [2.45, 2.75) is 47.3 Å². The molecule has 0 saturated heterocycles. The highest BCUT2D eigenvalue weighted by molar-refractivity contribution is 7.62. The maximum absolute atomic E-state index is 14.5. The summed E-state index contributed by atoms with van der Waals surface area (Å²) < 4.78 is 42.5. The van der Waals surface area contributed by atoms with E-state index in [4.69, 9.17) is 28.7 Å². The van der Waals surface area contributed by atoms with Gasteiger partial charge in [-0.2, -0.15) is 0 Å². The van der Waals surface area contributed by atoms with Gasteiger partial charge >= 0.3 is 19.5 Å². The van der Waals surface area contributed by atoms with Crippen LogP contribution in [0.3, 0.4) is 0 Å². The summed E-state index contributed by atoms with van der Waals surface area (Å²) in [7, 11) is -4.01. The van der Waals surface area contributed by atoms with Gasteiger partial charge in [0.1, 0.15) is 22.5 Å². The lowest BCUT2D eigenvalue weighted by Gasteiger charge is -2.19. The Kier molecular flexibility index (Phi) is 9.77. The van der Waals surface area contributed by atoms with Gasteiger partial charge in [-0.3, -0.25) is 14.2 Å². The lowest BCUT2D eigenvalue weighted by Crippen LogP contribution is -2.12. The van der Waals surface area contributed by atoms with Crippen LogP contribution in [0.25, 0.3) is 11.5 Å². The first-order chi connectivity index (χ1) is 19.5. The SMILES string of the molecule is CC(=O)Oc1ccc(COP(=O)(OCc2ccc(OC(C)=O)cc2)c2ccoc2-c2nc(N)sc2CC(C)C)cc1. The molecule has 0 aliphatic heterocycles. The van der Waals surface area contributed by atoms with E-state index in [1.165, 1.54) is 31.4 Å². The summed E-state index contributed by atoms with van der Waals surface area (Å²) in [6.45, 7) is 6.68. The first-order valence-corrected chi connectivity index (χ1v) is 15.2. The fourth-order valence-electron chi connectivity index (χ4n) is 3.89. The zero-order valence-corrected chi connectivity index (χ0v) is 24.8. The molecule has 4 aromatic rings. The van der Waals surface area contributed by atoms with Crippen molar-refractivity contribution >= 4 is 41.3 Å². The molecular weight excluding hydrogens is 567 g/mol. The van der Waals surface area contributed by atoms with Crippen LogP contribution in [0, 0.1) is 5.92 Å². The van der Waals surface area contributed by atoms with Gasteiger partial charge < -0.3 is 28.7 Å². The number of hydrogen-bond acceptors (Lipinski definition) is 11. The van der Waals surface area contributed by atoms with Crippen molar-refractivity contribution in [3.63, 3.8) is 0 Å². The summed E-state index contributed by atoms with van der Waals surface area (Å²) >= 11 is 1.36. The number of aromatic nitrogens is 1. The third-order valence-electron chi connectivity index (χ3n) is 5.63. The molecule has 10 nitrogen and oxygen atoms in total. The number of rotatable bonds is 12. The molecule has 0 aliphatic rings. The Morgan fingerprint density at radius 2 is 1.41 bits per heavy atom. The molecule has 2 N–H and O–H groups in total. The summed E-state index contributed by atoms with van der Waals surface area (Å²) in [5.41, 5.74) is 7.91. The molecule has 0 atom stereocenters. The van der Waals surface area contributed by atoms with Crippen molar-refractivity contribution in [2.24, 2.45) is 5.92 Å². The number of carbonyl (C=O) groups is 2. The van der Waals surface area contributed by atoms with Crippen LogP contribution in [-0.4, -0.2) is 16.9 Å². The lowest BCUT2D eigenvalue weighted by molar-refractivity contribution is -0.132. The number of furan rings is 1. The van der Waals surface area contributed by atoms with E-state index in [1.807, 2.05) is 0 Å². The van der Waals surface area contributed by atoms with Crippen molar-refractivity contribution in [1.29, 1.82) is 0 Å². The minimum atomic E-state index is -4.01. The van der Waals surface area contributed by atoms with Crippen LogP contribution in [0.5, 0.6) is 11.5 Å². The van der Waals surface area contributed by atoms with E-state index in [2.05, 4.69) is 18.8 Å². The van der Waals surface area contributed by atoms with E-state index >= 15 is 0 Å². The molecule has 0 amide bonds. The number of thiazole rings is 1. The van der Waals surface area contributed by atoms with E-state index in [-0.39, 0.29) is 24.3 Å². The molecule has 2 heterocycles. The molecule has 0 radical (unpaired) electrons. The Balaban J connectivity index is 1.63. The van der Waals surface area contributed by atoms with Crippen LogP contribution in [0.2, 0.25) is 0 Å². The van der Waals surface area contributed by atoms with E-state index in [0.717, 1.165) is 4.88 Å².